The van der Waals surface area contributed by atoms with Gasteiger partial charge < -0.3 is 15.1 Å². The number of benzene rings is 2. The molecule has 1 aliphatic carbocycles. The van der Waals surface area contributed by atoms with E-state index in [1.807, 2.05) is 4.90 Å². The molecule has 1 N–H and O–H groups in total. The Balaban J connectivity index is 1.31. The van der Waals surface area contributed by atoms with Crippen molar-refractivity contribution >= 4 is 34.7 Å². The normalized spacial score (nSPS) is 19.3. The maximum atomic E-state index is 13.1. The molecule has 0 bridgehead atoms. The second kappa shape index (κ2) is 8.47. The van der Waals surface area contributed by atoms with Gasteiger partial charge in [0.25, 0.3) is 6.43 Å². The summed E-state index contributed by atoms with van der Waals surface area (Å²) in [7, 11) is 2.18. The highest BCUT2D eigenvalue weighted by molar-refractivity contribution is 6.33. The van der Waals surface area contributed by atoms with Gasteiger partial charge in [0.1, 0.15) is 5.02 Å². The molecule has 2 aliphatic heterocycles. The van der Waals surface area contributed by atoms with Crippen molar-refractivity contribution in [1.82, 2.24) is 14.9 Å². The van der Waals surface area contributed by atoms with Gasteiger partial charge in [0.05, 0.1) is 6.20 Å². The third kappa shape index (κ3) is 3.81. The largest absolute Gasteiger partial charge is 0.324 e. The van der Waals surface area contributed by atoms with Gasteiger partial charge in [-0.2, -0.15) is 4.98 Å². The van der Waals surface area contributed by atoms with Crippen LogP contribution in [0.4, 0.5) is 31.9 Å². The highest BCUT2D eigenvalue weighted by atomic mass is 35.5. The number of likely N-dealkylation sites (N-methyl/N-ethyl adjacent to an activating group) is 1. The molecule has 0 amide bonds. The van der Waals surface area contributed by atoms with Crippen LogP contribution in [0.1, 0.15) is 53.0 Å². The number of alkyl halides is 2. The van der Waals surface area contributed by atoms with Gasteiger partial charge in [-0.1, -0.05) is 17.7 Å². The van der Waals surface area contributed by atoms with Crippen molar-refractivity contribution in [3.8, 4) is 0 Å². The molecule has 0 spiro atoms. The number of anilines is 4. The van der Waals surface area contributed by atoms with Crippen molar-refractivity contribution < 1.29 is 8.78 Å². The fourth-order valence-corrected chi connectivity index (χ4v) is 6.02. The Morgan fingerprint density at radius 3 is 2.82 bits per heavy atom. The highest BCUT2D eigenvalue weighted by Gasteiger charge is 2.29. The fraction of sp³-hybridized carbons (Fsp3) is 0.385. The van der Waals surface area contributed by atoms with Crippen molar-refractivity contribution in [2.75, 3.05) is 30.4 Å². The summed E-state index contributed by atoms with van der Waals surface area (Å²) < 4.78 is 26.2. The monoisotopic (exact) mass is 481 g/mol. The molecule has 2 aromatic carbocycles. The van der Waals surface area contributed by atoms with Gasteiger partial charge in [-0.3, -0.25) is 0 Å². The molecule has 8 heteroatoms. The van der Waals surface area contributed by atoms with Crippen LogP contribution >= 0.6 is 11.6 Å². The van der Waals surface area contributed by atoms with Gasteiger partial charge in [0.15, 0.2) is 5.82 Å². The van der Waals surface area contributed by atoms with Gasteiger partial charge >= 0.3 is 0 Å². The summed E-state index contributed by atoms with van der Waals surface area (Å²) in [4.78, 5) is 13.5. The molecule has 3 heterocycles. The molecular formula is C26H26ClF2N5. The van der Waals surface area contributed by atoms with Crippen molar-refractivity contribution in [1.29, 1.82) is 0 Å². The molecule has 5 nitrogen and oxygen atoms in total. The second-order valence-electron chi connectivity index (χ2n) is 9.57. The van der Waals surface area contributed by atoms with Gasteiger partial charge in [-0.15, -0.1) is 0 Å². The summed E-state index contributed by atoms with van der Waals surface area (Å²) in [5.41, 5.74) is 7.14. The first kappa shape index (κ1) is 21.7. The first-order chi connectivity index (χ1) is 16.5. The molecule has 1 unspecified atom stereocenters. The topological polar surface area (TPSA) is 44.3 Å². The summed E-state index contributed by atoms with van der Waals surface area (Å²) in [5.74, 6) is 1.69. The molecular weight excluding hydrogens is 456 g/mol. The molecule has 6 rings (SSSR count). The average Bonchev–Trinajstić information content (AvgIpc) is 3.23. The lowest BCUT2D eigenvalue weighted by Gasteiger charge is -2.37. The molecule has 1 aromatic heterocycles. The number of nitrogens with zero attached hydrogens (tertiary/aromatic N) is 4. The number of nitrogens with one attached hydrogen (secondary N) is 1. The number of hydrogen-bond acceptors (Lipinski definition) is 5. The van der Waals surface area contributed by atoms with Crippen LogP contribution in [0.5, 0.6) is 0 Å². The number of aromatic nitrogens is 2. The lowest BCUT2D eigenvalue weighted by Crippen LogP contribution is -2.33. The SMILES string of the molecule is CN1Cc2cc(Nc3ncc(Cl)c(N4CCc5cc(C(F)F)ccc54)n3)cc3c2C(CCC3)C1. The van der Waals surface area contributed by atoms with Crippen LogP contribution in [0.3, 0.4) is 0 Å². The van der Waals surface area contributed by atoms with E-state index in [2.05, 4.69) is 34.4 Å². The van der Waals surface area contributed by atoms with E-state index < -0.39 is 6.43 Å². The van der Waals surface area contributed by atoms with E-state index in [4.69, 9.17) is 16.6 Å². The molecule has 176 valence electrons. The van der Waals surface area contributed by atoms with Gasteiger partial charge in [-0.25, -0.2) is 13.8 Å². The maximum Gasteiger partial charge on any atom is 0.263 e. The highest BCUT2D eigenvalue weighted by Crippen LogP contribution is 2.41. The Labute approximate surface area is 202 Å². The molecule has 0 fully saturated rings. The summed E-state index contributed by atoms with van der Waals surface area (Å²) in [6, 6.07) is 9.25. The first-order valence-electron chi connectivity index (χ1n) is 11.8. The smallest absolute Gasteiger partial charge is 0.263 e. The fourth-order valence-electron chi connectivity index (χ4n) is 5.82. The van der Waals surface area contributed by atoms with E-state index in [0.717, 1.165) is 36.4 Å². The average molecular weight is 482 g/mol. The van der Waals surface area contributed by atoms with Crippen LogP contribution in [-0.2, 0) is 19.4 Å². The Morgan fingerprint density at radius 1 is 1.12 bits per heavy atom. The maximum absolute atomic E-state index is 13.1. The van der Waals surface area contributed by atoms with E-state index >= 15 is 0 Å². The Hall–Kier alpha value is -2.77. The van der Waals surface area contributed by atoms with E-state index in [1.54, 1.807) is 23.9 Å². The Morgan fingerprint density at radius 2 is 1.97 bits per heavy atom. The van der Waals surface area contributed by atoms with Crippen LogP contribution in [0.25, 0.3) is 0 Å². The van der Waals surface area contributed by atoms with E-state index in [-0.39, 0.29) is 5.56 Å². The van der Waals surface area contributed by atoms with Crippen molar-refractivity contribution in [3.05, 3.63) is 69.4 Å². The third-order valence-electron chi connectivity index (χ3n) is 7.22. The third-order valence-corrected chi connectivity index (χ3v) is 7.49. The Bertz CT molecular complexity index is 1260. The summed E-state index contributed by atoms with van der Waals surface area (Å²) in [6.07, 6.45) is 3.38. The minimum Gasteiger partial charge on any atom is -0.324 e. The molecule has 0 saturated carbocycles. The quantitative estimate of drug-likeness (QED) is 0.469. The van der Waals surface area contributed by atoms with Crippen LogP contribution < -0.4 is 10.2 Å². The van der Waals surface area contributed by atoms with Crippen molar-refractivity contribution in [3.63, 3.8) is 0 Å². The number of hydrogen-bond donors (Lipinski definition) is 1. The molecule has 3 aromatic rings. The lowest BCUT2D eigenvalue weighted by atomic mass is 9.77. The predicted molar refractivity (Wildman–Crippen MR) is 131 cm³/mol. The van der Waals surface area contributed by atoms with Crippen molar-refractivity contribution in [2.45, 2.75) is 44.6 Å². The van der Waals surface area contributed by atoms with Crippen LogP contribution in [-0.4, -0.2) is 35.0 Å². The molecule has 0 radical (unpaired) electrons. The number of aryl methyl sites for hydroxylation is 1. The van der Waals surface area contributed by atoms with Gasteiger partial charge in [-0.05, 0) is 85.2 Å². The molecule has 1 atom stereocenters. The van der Waals surface area contributed by atoms with E-state index in [1.165, 1.54) is 30.0 Å². The lowest BCUT2D eigenvalue weighted by molar-refractivity contribution is 0.151. The number of fused-ring (bicyclic) bond motifs is 1. The summed E-state index contributed by atoms with van der Waals surface area (Å²) in [5, 5.41) is 3.83. The minimum absolute atomic E-state index is 0.0426. The van der Waals surface area contributed by atoms with E-state index in [0.29, 0.717) is 35.7 Å². The number of halogens is 3. The van der Waals surface area contributed by atoms with Crippen LogP contribution in [0.15, 0.2) is 36.5 Å². The van der Waals surface area contributed by atoms with Crippen LogP contribution in [0.2, 0.25) is 5.02 Å². The second-order valence-corrected chi connectivity index (χ2v) is 9.98. The van der Waals surface area contributed by atoms with Gasteiger partial charge in [0, 0.05) is 36.6 Å². The predicted octanol–water partition coefficient (Wildman–Crippen LogP) is 6.37. The standard InChI is InChI=1S/C26H26ClF2N5/c1-33-13-18-4-2-3-16-10-20(11-19(14-33)23(16)18)31-26-30-12-21(27)25(32-26)34-8-7-15-9-17(24(28)29)5-6-22(15)34/h5-6,9-12,18,24H,2-4,7-8,13-14H2,1H3,(H,30,31,32). The molecule has 3 aliphatic rings. The minimum atomic E-state index is -2.48. The molecule has 0 saturated heterocycles. The zero-order chi connectivity index (χ0) is 23.4. The number of rotatable bonds is 4. The zero-order valence-electron chi connectivity index (χ0n) is 19.0. The molecule has 34 heavy (non-hydrogen) atoms. The Kier molecular flexibility index (Phi) is 5.41. The van der Waals surface area contributed by atoms with Crippen LogP contribution in [0, 0.1) is 0 Å². The summed E-state index contributed by atoms with van der Waals surface area (Å²) in [6.45, 7) is 2.72. The van der Waals surface area contributed by atoms with Gasteiger partial charge in [0.2, 0.25) is 5.95 Å². The first-order valence-corrected chi connectivity index (χ1v) is 12.2. The van der Waals surface area contributed by atoms with Crippen molar-refractivity contribution in [2.24, 2.45) is 0 Å². The van der Waals surface area contributed by atoms with E-state index in [9.17, 15) is 8.78 Å². The zero-order valence-corrected chi connectivity index (χ0v) is 19.7. The summed E-state index contributed by atoms with van der Waals surface area (Å²) >= 11 is 6.49.